The normalized spacial score (nSPS) is 11.8. The van der Waals surface area contributed by atoms with Crippen molar-refractivity contribution in [2.24, 2.45) is 0 Å². The summed E-state index contributed by atoms with van der Waals surface area (Å²) in [5, 5.41) is 5.23. The first-order valence-electron chi connectivity index (χ1n) is 6.39. The third kappa shape index (κ3) is 2.93. The van der Waals surface area contributed by atoms with Crippen molar-refractivity contribution in [2.45, 2.75) is 11.3 Å². The topological polar surface area (TPSA) is 85.1 Å². The van der Waals surface area contributed by atoms with E-state index in [-0.39, 0.29) is 11.4 Å². The minimum Gasteiger partial charge on any atom is -0.343 e. The smallest absolute Gasteiger partial charge is 0.241 e. The largest absolute Gasteiger partial charge is 0.343 e. The van der Waals surface area contributed by atoms with Crippen LogP contribution in [0.15, 0.2) is 58.3 Å². The van der Waals surface area contributed by atoms with Crippen molar-refractivity contribution >= 4 is 20.8 Å². The highest BCUT2D eigenvalue weighted by atomic mass is 32.2. The Hall–Kier alpha value is -2.25. The van der Waals surface area contributed by atoms with Gasteiger partial charge in [-0.05, 0) is 11.5 Å². The molecule has 21 heavy (non-hydrogen) atoms. The van der Waals surface area contributed by atoms with E-state index in [0.717, 1.165) is 5.39 Å². The summed E-state index contributed by atoms with van der Waals surface area (Å²) in [7, 11) is -3.58. The van der Waals surface area contributed by atoms with Gasteiger partial charge >= 0.3 is 0 Å². The Morgan fingerprint density at radius 2 is 1.90 bits per heavy atom. The second-order valence-corrected chi connectivity index (χ2v) is 6.21. The molecule has 0 saturated heterocycles. The molecule has 0 saturated carbocycles. The second kappa shape index (κ2) is 5.63. The molecule has 0 unspecified atom stereocenters. The number of benzene rings is 2. The maximum Gasteiger partial charge on any atom is 0.241 e. The van der Waals surface area contributed by atoms with Gasteiger partial charge in [-0.1, -0.05) is 41.6 Å². The lowest BCUT2D eigenvalue weighted by Crippen LogP contribution is -2.26. The third-order valence-corrected chi connectivity index (χ3v) is 4.61. The van der Waals surface area contributed by atoms with Crippen LogP contribution in [-0.4, -0.2) is 25.1 Å². The zero-order valence-electron chi connectivity index (χ0n) is 11.1. The van der Waals surface area contributed by atoms with Crippen LogP contribution in [0.25, 0.3) is 10.8 Å². The first-order valence-corrected chi connectivity index (χ1v) is 7.88. The Bertz CT molecular complexity index is 840. The predicted octanol–water partition coefficient (Wildman–Crippen LogP) is 1.74. The van der Waals surface area contributed by atoms with E-state index in [4.69, 9.17) is 0 Å². The van der Waals surface area contributed by atoms with Crippen LogP contribution in [-0.2, 0) is 16.4 Å². The van der Waals surface area contributed by atoms with Gasteiger partial charge in [0.15, 0.2) is 5.82 Å². The molecule has 0 atom stereocenters. The van der Waals surface area contributed by atoms with Crippen LogP contribution in [0, 0.1) is 0 Å². The minimum absolute atomic E-state index is 0.213. The highest BCUT2D eigenvalue weighted by Crippen LogP contribution is 2.22. The average Bonchev–Trinajstić information content (AvgIpc) is 3.00. The summed E-state index contributed by atoms with van der Waals surface area (Å²) in [4.78, 5) is 4.12. The quantitative estimate of drug-likeness (QED) is 0.776. The van der Waals surface area contributed by atoms with Gasteiger partial charge in [0.25, 0.3) is 0 Å². The number of rotatable bonds is 5. The van der Waals surface area contributed by atoms with Crippen LogP contribution in [0.3, 0.4) is 0 Å². The summed E-state index contributed by atoms with van der Waals surface area (Å²) in [5.41, 5.74) is 0. The molecule has 7 heteroatoms. The number of hydrogen-bond acceptors (Lipinski definition) is 5. The standard InChI is InChI=1S/C14H13N3O3S/c18-21(19,16-9-8-14-15-10-20-17-14)13-7-3-5-11-4-1-2-6-12(11)13/h1-7,10,16H,8-9H2. The minimum atomic E-state index is -3.58. The van der Waals surface area contributed by atoms with Crippen molar-refractivity contribution in [1.82, 2.24) is 14.9 Å². The molecular formula is C14H13N3O3S. The van der Waals surface area contributed by atoms with Crippen molar-refractivity contribution in [3.63, 3.8) is 0 Å². The summed E-state index contributed by atoms with van der Waals surface area (Å²) < 4.78 is 32.0. The van der Waals surface area contributed by atoms with Crippen molar-refractivity contribution in [3.8, 4) is 0 Å². The Morgan fingerprint density at radius 1 is 1.10 bits per heavy atom. The zero-order chi connectivity index (χ0) is 14.7. The molecule has 0 aliphatic heterocycles. The third-order valence-electron chi connectivity index (χ3n) is 3.09. The Morgan fingerprint density at radius 3 is 2.71 bits per heavy atom. The monoisotopic (exact) mass is 303 g/mol. The fraction of sp³-hybridized carbons (Fsp3) is 0.143. The van der Waals surface area contributed by atoms with Crippen molar-refractivity contribution in [2.75, 3.05) is 6.54 Å². The van der Waals surface area contributed by atoms with E-state index in [9.17, 15) is 8.42 Å². The summed E-state index contributed by atoms with van der Waals surface area (Å²) in [6, 6.07) is 12.6. The molecule has 1 heterocycles. The molecule has 1 aromatic heterocycles. The van der Waals surface area contributed by atoms with Gasteiger partial charge in [0.1, 0.15) is 0 Å². The van der Waals surface area contributed by atoms with Gasteiger partial charge in [0.05, 0.1) is 4.90 Å². The first kappa shape index (κ1) is 13.7. The molecule has 2 aromatic carbocycles. The van der Waals surface area contributed by atoms with Gasteiger partial charge in [-0.25, -0.2) is 13.1 Å². The number of nitrogens with one attached hydrogen (secondary N) is 1. The van der Waals surface area contributed by atoms with E-state index in [1.54, 1.807) is 18.2 Å². The molecule has 0 radical (unpaired) electrons. The van der Waals surface area contributed by atoms with Gasteiger partial charge in [-0.2, -0.15) is 4.98 Å². The molecule has 0 fully saturated rings. The van der Waals surface area contributed by atoms with Crippen LogP contribution in [0.1, 0.15) is 5.82 Å². The fourth-order valence-corrected chi connectivity index (χ4v) is 3.37. The lowest BCUT2D eigenvalue weighted by Gasteiger charge is -2.08. The van der Waals surface area contributed by atoms with Gasteiger partial charge < -0.3 is 4.52 Å². The number of fused-ring (bicyclic) bond motifs is 1. The van der Waals surface area contributed by atoms with Crippen LogP contribution >= 0.6 is 0 Å². The first-order chi connectivity index (χ1) is 10.2. The lowest BCUT2D eigenvalue weighted by molar-refractivity contribution is 0.410. The van der Waals surface area contributed by atoms with E-state index >= 15 is 0 Å². The van der Waals surface area contributed by atoms with Gasteiger partial charge in [-0.15, -0.1) is 0 Å². The van der Waals surface area contributed by atoms with Crippen molar-refractivity contribution < 1.29 is 12.9 Å². The van der Waals surface area contributed by atoms with Gasteiger partial charge in [0.2, 0.25) is 16.4 Å². The van der Waals surface area contributed by atoms with Gasteiger partial charge in [-0.3, -0.25) is 0 Å². The lowest BCUT2D eigenvalue weighted by atomic mass is 10.1. The molecule has 0 amide bonds. The molecular weight excluding hydrogens is 290 g/mol. The SMILES string of the molecule is O=S(=O)(NCCc1ncon1)c1cccc2ccccc12. The van der Waals surface area contributed by atoms with E-state index in [2.05, 4.69) is 19.4 Å². The van der Waals surface area contributed by atoms with Crippen LogP contribution < -0.4 is 4.72 Å². The molecule has 0 spiro atoms. The molecule has 6 nitrogen and oxygen atoms in total. The maximum absolute atomic E-state index is 12.4. The second-order valence-electron chi connectivity index (χ2n) is 4.47. The summed E-state index contributed by atoms with van der Waals surface area (Å²) >= 11 is 0. The molecule has 0 bridgehead atoms. The Labute approximate surface area is 121 Å². The number of sulfonamides is 1. The van der Waals surface area contributed by atoms with Gasteiger partial charge in [0, 0.05) is 18.4 Å². The zero-order valence-corrected chi connectivity index (χ0v) is 11.9. The molecule has 0 aliphatic carbocycles. The molecule has 3 aromatic rings. The molecule has 1 N–H and O–H groups in total. The number of hydrogen-bond donors (Lipinski definition) is 1. The number of aromatic nitrogens is 2. The molecule has 3 rings (SSSR count). The van der Waals surface area contributed by atoms with Crippen LogP contribution in [0.4, 0.5) is 0 Å². The van der Waals surface area contributed by atoms with E-state index in [0.29, 0.717) is 17.6 Å². The Balaban J connectivity index is 1.83. The van der Waals surface area contributed by atoms with Crippen molar-refractivity contribution in [1.29, 1.82) is 0 Å². The molecule has 0 aliphatic rings. The van der Waals surface area contributed by atoms with Crippen LogP contribution in [0.2, 0.25) is 0 Å². The maximum atomic E-state index is 12.4. The van der Waals surface area contributed by atoms with Crippen molar-refractivity contribution in [3.05, 3.63) is 54.7 Å². The molecule has 108 valence electrons. The average molecular weight is 303 g/mol. The summed E-state index contributed by atoms with van der Waals surface area (Å²) in [5.74, 6) is 0.468. The fourth-order valence-electron chi connectivity index (χ4n) is 2.11. The highest BCUT2D eigenvalue weighted by molar-refractivity contribution is 7.89. The Kier molecular flexibility index (Phi) is 3.68. The van der Waals surface area contributed by atoms with Crippen LogP contribution in [0.5, 0.6) is 0 Å². The van der Waals surface area contributed by atoms with E-state index < -0.39 is 10.0 Å². The van der Waals surface area contributed by atoms with E-state index in [1.807, 2.05) is 24.3 Å². The van der Waals surface area contributed by atoms with E-state index in [1.165, 1.54) is 6.39 Å². The highest BCUT2D eigenvalue weighted by Gasteiger charge is 2.16. The predicted molar refractivity (Wildman–Crippen MR) is 77.1 cm³/mol. The number of nitrogens with zero attached hydrogens (tertiary/aromatic N) is 2. The summed E-state index contributed by atoms with van der Waals surface area (Å²) in [6.07, 6.45) is 1.59. The summed E-state index contributed by atoms with van der Waals surface area (Å²) in [6.45, 7) is 0.213.